The monoisotopic (exact) mass is 174 g/mol. The van der Waals surface area contributed by atoms with Crippen molar-refractivity contribution < 1.29 is 5.11 Å². The minimum atomic E-state index is -0.0194. The fourth-order valence-electron chi connectivity index (χ4n) is 0.998. The van der Waals surface area contributed by atoms with Gasteiger partial charge in [-0.2, -0.15) is 11.8 Å². The van der Waals surface area contributed by atoms with Crippen LogP contribution in [-0.2, 0) is 0 Å². The molecule has 0 heterocycles. The van der Waals surface area contributed by atoms with Gasteiger partial charge in [-0.1, -0.05) is 13.8 Å². The van der Waals surface area contributed by atoms with Crippen LogP contribution in [-0.4, -0.2) is 22.2 Å². The van der Waals surface area contributed by atoms with Crippen molar-refractivity contribution in [1.82, 2.24) is 0 Å². The normalized spacial score (nSPS) is 23.2. The molecule has 1 rings (SSSR count). The third-order valence-electron chi connectivity index (χ3n) is 2.29. The predicted molar refractivity (Wildman–Crippen MR) is 50.9 cm³/mol. The molecular formula is C9H18OS. The van der Waals surface area contributed by atoms with Crippen LogP contribution in [0.5, 0.6) is 0 Å². The van der Waals surface area contributed by atoms with Gasteiger partial charge in [-0.3, -0.25) is 0 Å². The second-order valence-corrected chi connectivity index (χ2v) is 4.93. The third kappa shape index (κ3) is 3.48. The molecule has 1 nitrogen and oxygen atoms in total. The molecule has 1 saturated carbocycles. The van der Waals surface area contributed by atoms with E-state index in [0.29, 0.717) is 11.2 Å². The molecule has 0 aliphatic heterocycles. The number of hydrogen-bond acceptors (Lipinski definition) is 2. The minimum Gasteiger partial charge on any atom is -0.392 e. The molecule has 2 unspecified atom stereocenters. The first-order chi connectivity index (χ1) is 5.24. The number of rotatable bonds is 5. The maximum Gasteiger partial charge on any atom is 0.0658 e. The SMILES string of the molecule is CCC(C)SCC(O)C1CC1. The van der Waals surface area contributed by atoms with E-state index in [1.54, 1.807) is 0 Å². The van der Waals surface area contributed by atoms with Crippen molar-refractivity contribution >= 4 is 11.8 Å². The average molecular weight is 174 g/mol. The molecule has 1 fully saturated rings. The summed E-state index contributed by atoms with van der Waals surface area (Å²) in [6.45, 7) is 4.42. The van der Waals surface area contributed by atoms with Gasteiger partial charge >= 0.3 is 0 Å². The Morgan fingerprint density at radius 3 is 2.64 bits per heavy atom. The lowest BCUT2D eigenvalue weighted by molar-refractivity contribution is 0.176. The second kappa shape index (κ2) is 4.36. The molecule has 0 aromatic rings. The van der Waals surface area contributed by atoms with Crippen LogP contribution < -0.4 is 0 Å². The molecule has 0 amide bonds. The summed E-state index contributed by atoms with van der Waals surface area (Å²) in [5.41, 5.74) is 0. The number of hydrogen-bond donors (Lipinski definition) is 1. The lowest BCUT2D eigenvalue weighted by Crippen LogP contribution is -2.14. The number of aliphatic hydroxyl groups is 1. The summed E-state index contributed by atoms with van der Waals surface area (Å²) in [6, 6.07) is 0. The van der Waals surface area contributed by atoms with Crippen LogP contribution in [0.2, 0.25) is 0 Å². The van der Waals surface area contributed by atoms with Gasteiger partial charge in [0, 0.05) is 11.0 Å². The van der Waals surface area contributed by atoms with E-state index in [1.807, 2.05) is 11.8 Å². The molecule has 2 heteroatoms. The van der Waals surface area contributed by atoms with Crippen LogP contribution in [0, 0.1) is 5.92 Å². The topological polar surface area (TPSA) is 20.2 Å². The van der Waals surface area contributed by atoms with Crippen LogP contribution in [0.4, 0.5) is 0 Å². The lowest BCUT2D eigenvalue weighted by atomic mass is 10.3. The Morgan fingerprint density at radius 2 is 2.18 bits per heavy atom. The van der Waals surface area contributed by atoms with Crippen molar-refractivity contribution in [3.63, 3.8) is 0 Å². The summed E-state index contributed by atoms with van der Waals surface area (Å²) in [4.78, 5) is 0. The summed E-state index contributed by atoms with van der Waals surface area (Å²) >= 11 is 1.90. The van der Waals surface area contributed by atoms with Crippen LogP contribution in [0.15, 0.2) is 0 Å². The highest BCUT2D eigenvalue weighted by molar-refractivity contribution is 7.99. The molecule has 0 radical (unpaired) electrons. The van der Waals surface area contributed by atoms with Crippen LogP contribution in [0.25, 0.3) is 0 Å². The van der Waals surface area contributed by atoms with E-state index in [4.69, 9.17) is 0 Å². The Morgan fingerprint density at radius 1 is 1.55 bits per heavy atom. The zero-order valence-electron chi connectivity index (χ0n) is 7.42. The van der Waals surface area contributed by atoms with Gasteiger partial charge < -0.3 is 5.11 Å². The summed E-state index contributed by atoms with van der Waals surface area (Å²) < 4.78 is 0. The smallest absolute Gasteiger partial charge is 0.0658 e. The predicted octanol–water partition coefficient (Wildman–Crippen LogP) is 2.29. The van der Waals surface area contributed by atoms with Crippen molar-refractivity contribution in [2.75, 3.05) is 5.75 Å². The van der Waals surface area contributed by atoms with E-state index >= 15 is 0 Å². The van der Waals surface area contributed by atoms with Gasteiger partial charge in [-0.05, 0) is 25.2 Å². The Kier molecular flexibility index (Phi) is 3.73. The molecule has 0 saturated heterocycles. The van der Waals surface area contributed by atoms with Gasteiger partial charge in [0.2, 0.25) is 0 Å². The van der Waals surface area contributed by atoms with Crippen molar-refractivity contribution in [3.8, 4) is 0 Å². The summed E-state index contributed by atoms with van der Waals surface area (Å²) in [5.74, 6) is 1.59. The van der Waals surface area contributed by atoms with E-state index in [-0.39, 0.29) is 6.10 Å². The highest BCUT2D eigenvalue weighted by atomic mass is 32.2. The Labute approximate surface area is 73.6 Å². The summed E-state index contributed by atoms with van der Waals surface area (Å²) in [5, 5.41) is 10.2. The van der Waals surface area contributed by atoms with Crippen LogP contribution in [0.1, 0.15) is 33.1 Å². The Hall–Kier alpha value is 0.310. The molecule has 1 aliphatic carbocycles. The van der Waals surface area contributed by atoms with Crippen LogP contribution in [0.3, 0.4) is 0 Å². The molecule has 2 atom stereocenters. The van der Waals surface area contributed by atoms with Gasteiger partial charge in [0.1, 0.15) is 0 Å². The average Bonchev–Trinajstić information content (AvgIpc) is 2.81. The fourth-order valence-corrected chi connectivity index (χ4v) is 2.03. The molecule has 0 bridgehead atoms. The molecule has 1 aliphatic rings. The van der Waals surface area contributed by atoms with Crippen LogP contribution >= 0.6 is 11.8 Å². The lowest BCUT2D eigenvalue weighted by Gasteiger charge is -2.12. The van der Waals surface area contributed by atoms with Gasteiger partial charge in [-0.25, -0.2) is 0 Å². The van der Waals surface area contributed by atoms with E-state index in [2.05, 4.69) is 13.8 Å². The van der Waals surface area contributed by atoms with Crippen molar-refractivity contribution in [1.29, 1.82) is 0 Å². The first kappa shape index (κ1) is 9.40. The zero-order valence-corrected chi connectivity index (χ0v) is 8.23. The second-order valence-electron chi connectivity index (χ2n) is 3.46. The highest BCUT2D eigenvalue weighted by Gasteiger charge is 2.29. The summed E-state index contributed by atoms with van der Waals surface area (Å²) in [6.07, 6.45) is 3.70. The first-order valence-electron chi connectivity index (χ1n) is 4.53. The molecule has 66 valence electrons. The Balaban J connectivity index is 2.00. The van der Waals surface area contributed by atoms with Crippen molar-refractivity contribution in [3.05, 3.63) is 0 Å². The van der Waals surface area contributed by atoms with Gasteiger partial charge in [-0.15, -0.1) is 0 Å². The molecule has 0 aromatic carbocycles. The summed E-state index contributed by atoms with van der Waals surface area (Å²) in [7, 11) is 0. The maximum absolute atomic E-state index is 9.51. The number of aliphatic hydroxyl groups excluding tert-OH is 1. The van der Waals surface area contributed by atoms with Gasteiger partial charge in [0.25, 0.3) is 0 Å². The zero-order chi connectivity index (χ0) is 8.27. The standard InChI is InChI=1S/C9H18OS/c1-3-7(2)11-6-9(10)8-4-5-8/h7-10H,3-6H2,1-2H3. The number of thioether (sulfide) groups is 1. The first-order valence-corrected chi connectivity index (χ1v) is 5.58. The molecule has 1 N–H and O–H groups in total. The molecule has 0 aromatic heterocycles. The highest BCUT2D eigenvalue weighted by Crippen LogP contribution is 2.34. The van der Waals surface area contributed by atoms with Crippen molar-refractivity contribution in [2.45, 2.75) is 44.5 Å². The minimum absolute atomic E-state index is 0.0194. The Bertz CT molecular complexity index is 112. The van der Waals surface area contributed by atoms with Gasteiger partial charge in [0.05, 0.1) is 6.10 Å². The van der Waals surface area contributed by atoms with Crippen molar-refractivity contribution in [2.24, 2.45) is 5.92 Å². The molecule has 0 spiro atoms. The van der Waals surface area contributed by atoms with E-state index in [0.717, 1.165) is 5.75 Å². The van der Waals surface area contributed by atoms with E-state index in [9.17, 15) is 5.11 Å². The maximum atomic E-state index is 9.51. The molecule has 11 heavy (non-hydrogen) atoms. The van der Waals surface area contributed by atoms with Gasteiger partial charge in [0.15, 0.2) is 0 Å². The largest absolute Gasteiger partial charge is 0.392 e. The van der Waals surface area contributed by atoms with E-state index in [1.165, 1.54) is 19.3 Å². The molecular weight excluding hydrogens is 156 g/mol. The van der Waals surface area contributed by atoms with E-state index < -0.39 is 0 Å². The fraction of sp³-hybridized carbons (Fsp3) is 1.00. The quantitative estimate of drug-likeness (QED) is 0.690. The third-order valence-corrected chi connectivity index (χ3v) is 3.73.